The second kappa shape index (κ2) is 6.75. The maximum atomic E-state index is 12.9. The van der Waals surface area contributed by atoms with Crippen molar-refractivity contribution in [3.63, 3.8) is 0 Å². The second-order valence-corrected chi connectivity index (χ2v) is 7.88. The van der Waals surface area contributed by atoms with Crippen molar-refractivity contribution in [2.24, 2.45) is 0 Å². The molecule has 2 rings (SSSR count). The zero-order valence-electron chi connectivity index (χ0n) is 12.2. The Hall–Kier alpha value is -0.470. The van der Waals surface area contributed by atoms with Gasteiger partial charge in [-0.2, -0.15) is 4.31 Å². The molecule has 0 amide bonds. The summed E-state index contributed by atoms with van der Waals surface area (Å²) in [6, 6.07) is 3.29. The molecule has 1 atom stereocenters. The van der Waals surface area contributed by atoms with Crippen LogP contribution in [0.3, 0.4) is 0 Å². The van der Waals surface area contributed by atoms with Gasteiger partial charge in [-0.3, -0.25) is 0 Å². The molecule has 1 aromatic rings. The standard InChI is InChI=1S/C14H20BrNO4S/c1-3-12-8-16(4-5-20-12)21(18,19)14-7-11(9-17)6-13(15)10(14)2/h6-7,12,17H,3-5,8-9H2,1-2H3. The van der Waals surface area contributed by atoms with Crippen LogP contribution in [0.4, 0.5) is 0 Å². The van der Waals surface area contributed by atoms with Crippen molar-refractivity contribution in [3.05, 3.63) is 27.7 Å². The predicted octanol–water partition coefficient (Wildman–Crippen LogP) is 2.05. The summed E-state index contributed by atoms with van der Waals surface area (Å²) in [7, 11) is -3.58. The summed E-state index contributed by atoms with van der Waals surface area (Å²) in [5, 5.41) is 9.28. The minimum Gasteiger partial charge on any atom is -0.392 e. The fourth-order valence-electron chi connectivity index (χ4n) is 2.36. The van der Waals surface area contributed by atoms with Gasteiger partial charge in [0.15, 0.2) is 0 Å². The van der Waals surface area contributed by atoms with Gasteiger partial charge in [0.2, 0.25) is 10.0 Å². The van der Waals surface area contributed by atoms with Crippen LogP contribution in [0.5, 0.6) is 0 Å². The summed E-state index contributed by atoms with van der Waals surface area (Å²) in [6.45, 7) is 4.70. The number of hydrogen-bond donors (Lipinski definition) is 1. The lowest BCUT2D eigenvalue weighted by molar-refractivity contribution is -0.00279. The molecule has 1 saturated heterocycles. The topological polar surface area (TPSA) is 66.8 Å². The number of halogens is 1. The molecule has 21 heavy (non-hydrogen) atoms. The molecule has 0 saturated carbocycles. The monoisotopic (exact) mass is 377 g/mol. The number of aliphatic hydroxyl groups excluding tert-OH is 1. The fourth-order valence-corrected chi connectivity index (χ4v) is 4.75. The van der Waals surface area contributed by atoms with E-state index in [0.29, 0.717) is 35.3 Å². The second-order valence-electron chi connectivity index (χ2n) is 5.12. The number of hydrogen-bond acceptors (Lipinski definition) is 4. The Kier molecular flexibility index (Phi) is 5.43. The van der Waals surface area contributed by atoms with Gasteiger partial charge in [0.1, 0.15) is 0 Å². The van der Waals surface area contributed by atoms with Crippen molar-refractivity contribution < 1.29 is 18.3 Å². The smallest absolute Gasteiger partial charge is 0.243 e. The van der Waals surface area contributed by atoms with Gasteiger partial charge in [-0.25, -0.2) is 8.42 Å². The van der Waals surface area contributed by atoms with Crippen LogP contribution in [0.25, 0.3) is 0 Å². The highest BCUT2D eigenvalue weighted by Gasteiger charge is 2.31. The van der Waals surface area contributed by atoms with Crippen molar-refractivity contribution in [1.29, 1.82) is 0 Å². The lowest BCUT2D eigenvalue weighted by Gasteiger charge is -2.32. The van der Waals surface area contributed by atoms with Crippen molar-refractivity contribution >= 4 is 26.0 Å². The average molecular weight is 378 g/mol. The van der Waals surface area contributed by atoms with Gasteiger partial charge in [-0.1, -0.05) is 22.9 Å². The van der Waals surface area contributed by atoms with Gasteiger partial charge >= 0.3 is 0 Å². The van der Waals surface area contributed by atoms with E-state index in [1.807, 2.05) is 6.92 Å². The van der Waals surface area contributed by atoms with E-state index in [1.54, 1.807) is 19.1 Å². The molecule has 1 aliphatic rings. The quantitative estimate of drug-likeness (QED) is 0.871. The Labute approximate surface area is 134 Å². The zero-order valence-corrected chi connectivity index (χ0v) is 14.6. The molecular weight excluding hydrogens is 358 g/mol. The number of rotatable bonds is 4. The number of morpholine rings is 1. The third-order valence-corrected chi connectivity index (χ3v) is 6.53. The van der Waals surface area contributed by atoms with Gasteiger partial charge in [0.05, 0.1) is 24.2 Å². The number of aliphatic hydroxyl groups is 1. The number of benzene rings is 1. The molecule has 5 nitrogen and oxygen atoms in total. The zero-order chi connectivity index (χ0) is 15.6. The summed E-state index contributed by atoms with van der Waals surface area (Å²) in [5.74, 6) is 0. The van der Waals surface area contributed by atoms with Crippen LogP contribution in [0.1, 0.15) is 24.5 Å². The number of nitrogens with zero attached hydrogens (tertiary/aromatic N) is 1. The van der Waals surface area contributed by atoms with E-state index in [4.69, 9.17) is 4.74 Å². The first kappa shape index (κ1) is 16.9. The Morgan fingerprint density at radius 3 is 2.81 bits per heavy atom. The summed E-state index contributed by atoms with van der Waals surface area (Å²) in [5.41, 5.74) is 1.23. The molecule has 1 unspecified atom stereocenters. The van der Waals surface area contributed by atoms with E-state index in [9.17, 15) is 13.5 Å². The van der Waals surface area contributed by atoms with Crippen LogP contribution in [-0.2, 0) is 21.4 Å². The normalized spacial score (nSPS) is 20.7. The molecule has 1 aliphatic heterocycles. The molecule has 0 radical (unpaired) electrons. The Morgan fingerprint density at radius 2 is 2.19 bits per heavy atom. The van der Waals surface area contributed by atoms with Crippen LogP contribution in [0, 0.1) is 6.92 Å². The summed E-state index contributed by atoms with van der Waals surface area (Å²) in [4.78, 5) is 0.248. The van der Waals surface area contributed by atoms with E-state index >= 15 is 0 Å². The Balaban J connectivity index is 2.41. The highest BCUT2D eigenvalue weighted by Crippen LogP contribution is 2.29. The van der Waals surface area contributed by atoms with E-state index in [0.717, 1.165) is 6.42 Å². The maximum Gasteiger partial charge on any atom is 0.243 e. The molecule has 1 fully saturated rings. The van der Waals surface area contributed by atoms with Crippen molar-refractivity contribution in [1.82, 2.24) is 4.31 Å². The average Bonchev–Trinajstić information content (AvgIpc) is 2.49. The molecule has 118 valence electrons. The Bertz CT molecular complexity index is 618. The van der Waals surface area contributed by atoms with Crippen LogP contribution in [0.2, 0.25) is 0 Å². The molecule has 1 aromatic carbocycles. The van der Waals surface area contributed by atoms with E-state index < -0.39 is 10.0 Å². The predicted molar refractivity (Wildman–Crippen MR) is 83.6 cm³/mol. The van der Waals surface area contributed by atoms with E-state index in [1.165, 1.54) is 4.31 Å². The summed E-state index contributed by atoms with van der Waals surface area (Å²) in [6.07, 6.45) is 0.726. The van der Waals surface area contributed by atoms with Crippen molar-refractivity contribution in [2.45, 2.75) is 37.9 Å². The minimum absolute atomic E-state index is 0.0571. The summed E-state index contributed by atoms with van der Waals surface area (Å²) < 4.78 is 33.4. The molecule has 0 spiro atoms. The molecule has 7 heteroatoms. The van der Waals surface area contributed by atoms with Gasteiger partial charge in [-0.05, 0) is 36.6 Å². The van der Waals surface area contributed by atoms with Crippen LogP contribution < -0.4 is 0 Å². The maximum absolute atomic E-state index is 12.9. The molecule has 1 N–H and O–H groups in total. The SMILES string of the molecule is CCC1CN(S(=O)(=O)c2cc(CO)cc(Br)c2C)CCO1. The molecule has 0 aliphatic carbocycles. The van der Waals surface area contributed by atoms with E-state index in [-0.39, 0.29) is 17.6 Å². The molecular formula is C14H20BrNO4S. The number of sulfonamides is 1. The minimum atomic E-state index is -3.58. The number of ether oxygens (including phenoxy) is 1. The van der Waals surface area contributed by atoms with Crippen LogP contribution in [-0.4, -0.2) is 43.6 Å². The fraction of sp³-hybridized carbons (Fsp3) is 0.571. The summed E-state index contributed by atoms with van der Waals surface area (Å²) >= 11 is 3.36. The first-order chi connectivity index (χ1) is 9.90. The van der Waals surface area contributed by atoms with Crippen molar-refractivity contribution in [2.75, 3.05) is 19.7 Å². The third-order valence-electron chi connectivity index (χ3n) is 3.71. The Morgan fingerprint density at radius 1 is 1.48 bits per heavy atom. The largest absolute Gasteiger partial charge is 0.392 e. The highest BCUT2D eigenvalue weighted by molar-refractivity contribution is 9.10. The first-order valence-corrected chi connectivity index (χ1v) is 9.15. The van der Waals surface area contributed by atoms with Gasteiger partial charge in [-0.15, -0.1) is 0 Å². The lowest BCUT2D eigenvalue weighted by atomic mass is 10.2. The van der Waals surface area contributed by atoms with Crippen molar-refractivity contribution in [3.8, 4) is 0 Å². The first-order valence-electron chi connectivity index (χ1n) is 6.91. The van der Waals surface area contributed by atoms with Gasteiger partial charge < -0.3 is 9.84 Å². The third kappa shape index (κ3) is 3.48. The molecule has 1 heterocycles. The lowest BCUT2D eigenvalue weighted by Crippen LogP contribution is -2.45. The van der Waals surface area contributed by atoms with Gasteiger partial charge in [0, 0.05) is 17.6 Å². The van der Waals surface area contributed by atoms with E-state index in [2.05, 4.69) is 15.9 Å². The van der Waals surface area contributed by atoms with Crippen LogP contribution in [0.15, 0.2) is 21.5 Å². The highest BCUT2D eigenvalue weighted by atomic mass is 79.9. The van der Waals surface area contributed by atoms with Gasteiger partial charge in [0.25, 0.3) is 0 Å². The van der Waals surface area contributed by atoms with Crippen LogP contribution >= 0.6 is 15.9 Å². The molecule has 0 aromatic heterocycles. The molecule has 0 bridgehead atoms.